The zero-order chi connectivity index (χ0) is 74.2. The number of hydrogen-bond donors (Lipinski definition) is 3. The van der Waals surface area contributed by atoms with E-state index in [0.29, 0.717) is 25.7 Å². The van der Waals surface area contributed by atoms with Crippen molar-refractivity contribution in [2.75, 3.05) is 39.6 Å². The summed E-state index contributed by atoms with van der Waals surface area (Å²) in [7, 11) is -9.92. The zero-order valence-electron chi connectivity index (χ0n) is 66.2. The lowest BCUT2D eigenvalue weighted by atomic mass is 10.00. The van der Waals surface area contributed by atoms with Crippen molar-refractivity contribution in [1.29, 1.82) is 0 Å². The van der Waals surface area contributed by atoms with E-state index < -0.39 is 97.5 Å². The van der Waals surface area contributed by atoms with Crippen molar-refractivity contribution in [1.82, 2.24) is 0 Å². The van der Waals surface area contributed by atoms with E-state index in [1.54, 1.807) is 0 Å². The Hall–Kier alpha value is -1.94. The fraction of sp³-hybridized carbons (Fsp3) is 0.951. The third kappa shape index (κ3) is 74.7. The summed E-state index contributed by atoms with van der Waals surface area (Å²) in [6.45, 7) is 9.62. The van der Waals surface area contributed by atoms with Crippen LogP contribution in [0.2, 0.25) is 0 Å². The summed E-state index contributed by atoms with van der Waals surface area (Å²) in [4.78, 5) is 73.0. The van der Waals surface area contributed by atoms with Gasteiger partial charge >= 0.3 is 39.5 Å². The van der Waals surface area contributed by atoms with Crippen molar-refractivity contribution in [3.63, 3.8) is 0 Å². The van der Waals surface area contributed by atoms with Crippen LogP contribution in [0, 0.1) is 11.8 Å². The van der Waals surface area contributed by atoms with E-state index in [1.807, 2.05) is 0 Å². The fourth-order valence-corrected chi connectivity index (χ4v) is 14.3. The SMILES string of the molecule is CCCCCCCCCCCCCCCCCCCCCCCC(=O)O[C@H](COC(=O)CCCCCCCCCCCCCCCCC(C)C)COP(=O)(O)OC[C@@H](O)COP(=O)(O)OC[C@@H](COC(=O)CCCCCCCCC(C)CC)OC(=O)CCCCCCCCCCCCCCC. The molecule has 0 spiro atoms. The van der Waals surface area contributed by atoms with Gasteiger partial charge in [-0.25, -0.2) is 9.13 Å². The number of aliphatic hydroxyl groups is 1. The molecule has 0 aliphatic carbocycles. The predicted molar refractivity (Wildman–Crippen MR) is 414 cm³/mol. The van der Waals surface area contributed by atoms with Crippen LogP contribution in [-0.2, 0) is 65.4 Å². The van der Waals surface area contributed by atoms with Gasteiger partial charge < -0.3 is 33.8 Å². The van der Waals surface area contributed by atoms with Crippen molar-refractivity contribution in [3.8, 4) is 0 Å². The number of aliphatic hydroxyl groups excluding tert-OH is 1. The molecule has 3 unspecified atom stereocenters. The molecular formula is C82H160O17P2. The van der Waals surface area contributed by atoms with Crippen LogP contribution in [0.5, 0.6) is 0 Å². The first-order chi connectivity index (χ1) is 48.9. The lowest BCUT2D eigenvalue weighted by Crippen LogP contribution is -2.30. The lowest BCUT2D eigenvalue weighted by molar-refractivity contribution is -0.161. The fourth-order valence-electron chi connectivity index (χ4n) is 12.7. The van der Waals surface area contributed by atoms with E-state index in [4.69, 9.17) is 37.0 Å². The predicted octanol–water partition coefficient (Wildman–Crippen LogP) is 24.7. The molecule has 3 N–H and O–H groups in total. The molecule has 0 saturated carbocycles. The third-order valence-corrected chi connectivity index (χ3v) is 21.5. The molecule has 19 heteroatoms. The molecule has 0 aliphatic rings. The first-order valence-corrected chi connectivity index (χ1v) is 45.5. The number of rotatable bonds is 81. The second-order valence-corrected chi connectivity index (χ2v) is 33.1. The summed E-state index contributed by atoms with van der Waals surface area (Å²) in [5, 5.41) is 10.6. The van der Waals surface area contributed by atoms with Crippen LogP contribution in [-0.4, -0.2) is 96.7 Å². The Morgan fingerprint density at radius 2 is 0.505 bits per heavy atom. The number of phosphoric ester groups is 2. The van der Waals surface area contributed by atoms with Crippen molar-refractivity contribution in [2.45, 2.75) is 452 Å². The van der Waals surface area contributed by atoms with Gasteiger partial charge in [-0.2, -0.15) is 0 Å². The summed E-state index contributed by atoms with van der Waals surface area (Å²) in [5.41, 5.74) is 0. The van der Waals surface area contributed by atoms with Gasteiger partial charge in [-0.3, -0.25) is 37.3 Å². The third-order valence-electron chi connectivity index (χ3n) is 19.6. The van der Waals surface area contributed by atoms with Crippen LogP contribution in [0.4, 0.5) is 0 Å². The van der Waals surface area contributed by atoms with Gasteiger partial charge in [0.2, 0.25) is 0 Å². The summed E-state index contributed by atoms with van der Waals surface area (Å²) >= 11 is 0. The average Bonchev–Trinajstić information content (AvgIpc) is 0.998. The minimum absolute atomic E-state index is 0.107. The van der Waals surface area contributed by atoms with Crippen LogP contribution in [0.3, 0.4) is 0 Å². The summed E-state index contributed by atoms with van der Waals surface area (Å²) in [6.07, 6.45) is 63.9. The number of unbranched alkanes of at least 4 members (excludes halogenated alkanes) is 50. The van der Waals surface area contributed by atoms with Gasteiger partial charge in [-0.1, -0.05) is 382 Å². The Bertz CT molecular complexity index is 1940. The second kappa shape index (κ2) is 73.6. The van der Waals surface area contributed by atoms with Crippen molar-refractivity contribution < 1.29 is 80.2 Å². The number of ether oxygens (including phenoxy) is 4. The second-order valence-electron chi connectivity index (χ2n) is 30.2. The van der Waals surface area contributed by atoms with Crippen LogP contribution < -0.4 is 0 Å². The molecule has 600 valence electrons. The van der Waals surface area contributed by atoms with E-state index in [1.165, 1.54) is 244 Å². The highest BCUT2D eigenvalue weighted by Crippen LogP contribution is 2.45. The molecule has 0 bridgehead atoms. The molecule has 6 atom stereocenters. The smallest absolute Gasteiger partial charge is 0.462 e. The number of phosphoric acid groups is 2. The summed E-state index contributed by atoms with van der Waals surface area (Å²) < 4.78 is 68.7. The van der Waals surface area contributed by atoms with Gasteiger partial charge in [0, 0.05) is 25.7 Å². The largest absolute Gasteiger partial charge is 0.472 e. The normalized spacial score (nSPS) is 14.2. The van der Waals surface area contributed by atoms with Crippen LogP contribution >= 0.6 is 15.6 Å². The maximum absolute atomic E-state index is 13.1. The Labute approximate surface area is 619 Å². The molecule has 0 aromatic carbocycles. The highest BCUT2D eigenvalue weighted by Gasteiger charge is 2.30. The van der Waals surface area contributed by atoms with E-state index in [2.05, 4.69) is 41.5 Å². The van der Waals surface area contributed by atoms with Gasteiger partial charge in [0.1, 0.15) is 19.3 Å². The minimum Gasteiger partial charge on any atom is -0.462 e. The molecule has 0 amide bonds. The molecule has 0 fully saturated rings. The highest BCUT2D eigenvalue weighted by atomic mass is 31.2. The van der Waals surface area contributed by atoms with Crippen LogP contribution in [0.25, 0.3) is 0 Å². The summed E-state index contributed by atoms with van der Waals surface area (Å²) in [5.74, 6) is -0.578. The number of carbonyl (C=O) groups is 4. The van der Waals surface area contributed by atoms with Crippen LogP contribution in [0.1, 0.15) is 433 Å². The standard InChI is InChI=1S/C82H160O17P2/c1-7-10-12-14-16-18-20-22-23-24-25-26-27-28-29-35-39-43-47-55-61-67-81(86)98-77(70-92-79(84)64-58-52-45-41-37-34-31-30-33-36-40-44-50-56-62-74(4)5)72-96-100(88,89)94-68-76(83)69-95-101(90,91)97-73-78(71-93-80(85)65-59-53-49-48-51-57-63-75(6)9-3)99-82(87)66-60-54-46-42-38-32-21-19-17-15-13-11-8-2/h74-78,83H,7-73H2,1-6H3,(H,88,89)(H,90,91)/t75?,76-,77-,78-/m1/s1. The molecule has 0 aliphatic heterocycles. The molecule has 101 heavy (non-hydrogen) atoms. The van der Waals surface area contributed by atoms with Crippen molar-refractivity contribution in [2.24, 2.45) is 11.8 Å². The first kappa shape index (κ1) is 99.1. The highest BCUT2D eigenvalue weighted by molar-refractivity contribution is 7.47. The Morgan fingerprint density at radius 1 is 0.287 bits per heavy atom. The monoisotopic (exact) mass is 1480 g/mol. The molecule has 0 aromatic heterocycles. The number of esters is 4. The number of hydrogen-bond acceptors (Lipinski definition) is 15. The Morgan fingerprint density at radius 3 is 0.752 bits per heavy atom. The van der Waals surface area contributed by atoms with Gasteiger partial charge in [0.05, 0.1) is 26.4 Å². The molecule has 0 saturated heterocycles. The molecule has 0 heterocycles. The van der Waals surface area contributed by atoms with Crippen molar-refractivity contribution in [3.05, 3.63) is 0 Å². The van der Waals surface area contributed by atoms with Gasteiger partial charge in [-0.05, 0) is 37.5 Å². The molecule has 0 aromatic rings. The quantitative estimate of drug-likeness (QED) is 0.0222. The average molecular weight is 1480 g/mol. The Kier molecular flexibility index (Phi) is 72.2. The summed E-state index contributed by atoms with van der Waals surface area (Å²) in [6, 6.07) is 0. The molecule has 0 radical (unpaired) electrons. The van der Waals surface area contributed by atoms with Crippen molar-refractivity contribution >= 4 is 39.5 Å². The van der Waals surface area contributed by atoms with Gasteiger partial charge in [0.25, 0.3) is 0 Å². The van der Waals surface area contributed by atoms with Gasteiger partial charge in [0.15, 0.2) is 12.2 Å². The maximum Gasteiger partial charge on any atom is 0.472 e. The van der Waals surface area contributed by atoms with Crippen LogP contribution in [0.15, 0.2) is 0 Å². The molecule has 0 rings (SSSR count). The van der Waals surface area contributed by atoms with E-state index in [-0.39, 0.29) is 25.7 Å². The maximum atomic E-state index is 13.1. The first-order valence-electron chi connectivity index (χ1n) is 42.5. The lowest BCUT2D eigenvalue weighted by Gasteiger charge is -2.21. The van der Waals surface area contributed by atoms with Gasteiger partial charge in [-0.15, -0.1) is 0 Å². The van der Waals surface area contributed by atoms with E-state index >= 15 is 0 Å². The number of carbonyl (C=O) groups excluding carboxylic acids is 4. The molecular weight excluding hydrogens is 1320 g/mol. The van der Waals surface area contributed by atoms with E-state index in [9.17, 15) is 43.2 Å². The van der Waals surface area contributed by atoms with E-state index in [0.717, 1.165) is 108 Å². The minimum atomic E-state index is -4.96. The zero-order valence-corrected chi connectivity index (χ0v) is 68.0. The topological polar surface area (TPSA) is 237 Å². The molecule has 17 nitrogen and oxygen atoms in total. The Balaban J connectivity index is 5.22.